The van der Waals surface area contributed by atoms with Crippen molar-refractivity contribution in [1.29, 1.82) is 0 Å². The van der Waals surface area contributed by atoms with E-state index in [0.717, 1.165) is 11.3 Å². The summed E-state index contributed by atoms with van der Waals surface area (Å²) in [5, 5.41) is 4.68. The van der Waals surface area contributed by atoms with Crippen molar-refractivity contribution in [3.63, 3.8) is 0 Å². The molecule has 0 aliphatic heterocycles. The largest absolute Gasteiger partial charge is 0.497 e. The van der Waals surface area contributed by atoms with Gasteiger partial charge in [0.1, 0.15) is 5.75 Å². The van der Waals surface area contributed by atoms with Crippen LogP contribution in [0.3, 0.4) is 0 Å². The third kappa shape index (κ3) is 4.07. The molecule has 0 saturated heterocycles. The number of benzene rings is 2. The summed E-state index contributed by atoms with van der Waals surface area (Å²) in [4.78, 5) is 11.9. The summed E-state index contributed by atoms with van der Waals surface area (Å²) < 4.78 is 5.16. The molecule has 0 radical (unpaired) electrons. The van der Waals surface area contributed by atoms with E-state index in [4.69, 9.17) is 16.3 Å². The molecule has 0 fully saturated rings. The number of nitrogens with one attached hydrogen (secondary N) is 1. The Bertz CT molecular complexity index is 666. The Morgan fingerprint density at radius 1 is 1.14 bits per heavy atom. The average molecular weight is 303 g/mol. The molecule has 108 valence electrons. The normalized spacial score (nSPS) is 11.1. The van der Waals surface area contributed by atoms with Crippen LogP contribution in [-0.2, 0) is 0 Å². The summed E-state index contributed by atoms with van der Waals surface area (Å²) in [5.74, 6) is 0.458. The molecule has 0 aliphatic rings. The lowest BCUT2D eigenvalue weighted by molar-refractivity contribution is 0.0955. The average Bonchev–Trinajstić information content (AvgIpc) is 2.53. The van der Waals surface area contributed by atoms with Crippen molar-refractivity contribution in [2.75, 3.05) is 7.11 Å². The first-order chi connectivity index (χ1) is 10.1. The smallest absolute Gasteiger partial charge is 0.271 e. The lowest BCUT2D eigenvalue weighted by atomic mass is 10.1. The van der Waals surface area contributed by atoms with Gasteiger partial charge in [-0.25, -0.2) is 5.43 Å². The minimum absolute atomic E-state index is 0.283. The highest BCUT2D eigenvalue weighted by atomic mass is 35.5. The number of amides is 1. The van der Waals surface area contributed by atoms with Gasteiger partial charge in [0.05, 0.1) is 12.8 Å². The minimum atomic E-state index is -0.283. The van der Waals surface area contributed by atoms with Crippen LogP contribution in [0.5, 0.6) is 5.75 Å². The van der Waals surface area contributed by atoms with Crippen LogP contribution in [0.2, 0.25) is 5.02 Å². The van der Waals surface area contributed by atoms with Crippen molar-refractivity contribution in [2.45, 2.75) is 6.92 Å². The van der Waals surface area contributed by atoms with Crippen molar-refractivity contribution in [1.82, 2.24) is 5.43 Å². The van der Waals surface area contributed by atoms with Crippen LogP contribution >= 0.6 is 11.6 Å². The lowest BCUT2D eigenvalue weighted by Crippen LogP contribution is -2.19. The van der Waals surface area contributed by atoms with E-state index in [0.29, 0.717) is 16.3 Å². The van der Waals surface area contributed by atoms with Gasteiger partial charge in [-0.3, -0.25) is 4.79 Å². The number of halogens is 1. The second-order valence-corrected chi connectivity index (χ2v) is 4.81. The van der Waals surface area contributed by atoms with E-state index in [1.165, 1.54) is 0 Å². The molecule has 0 unspecified atom stereocenters. The van der Waals surface area contributed by atoms with Gasteiger partial charge in [0.25, 0.3) is 5.91 Å². The third-order valence-corrected chi connectivity index (χ3v) is 3.17. The second kappa shape index (κ2) is 6.90. The maximum absolute atomic E-state index is 11.9. The summed E-state index contributed by atoms with van der Waals surface area (Å²) in [5.41, 5.74) is 4.59. The first-order valence-electron chi connectivity index (χ1n) is 6.35. The maximum atomic E-state index is 11.9. The molecule has 0 heterocycles. The molecule has 0 saturated carbocycles. The van der Waals surface area contributed by atoms with Crippen LogP contribution in [0, 0.1) is 0 Å². The van der Waals surface area contributed by atoms with Crippen molar-refractivity contribution >= 4 is 23.2 Å². The first kappa shape index (κ1) is 15.1. The van der Waals surface area contributed by atoms with E-state index >= 15 is 0 Å². The van der Waals surface area contributed by atoms with Crippen molar-refractivity contribution in [2.24, 2.45) is 5.10 Å². The van der Waals surface area contributed by atoms with Gasteiger partial charge in [-0.2, -0.15) is 5.10 Å². The van der Waals surface area contributed by atoms with Gasteiger partial charge in [-0.1, -0.05) is 23.7 Å². The predicted octanol–water partition coefficient (Wildman–Crippen LogP) is 3.50. The number of nitrogens with zero attached hydrogens (tertiary/aromatic N) is 1. The van der Waals surface area contributed by atoms with Crippen molar-refractivity contribution in [3.05, 3.63) is 64.7 Å². The molecule has 2 rings (SSSR count). The summed E-state index contributed by atoms with van der Waals surface area (Å²) in [6, 6.07) is 14.1. The Morgan fingerprint density at radius 2 is 1.86 bits per heavy atom. The SMILES string of the molecule is COc1cccc(/C(C)=N/NC(=O)c2ccc(Cl)cc2)c1. The zero-order chi connectivity index (χ0) is 15.2. The second-order valence-electron chi connectivity index (χ2n) is 4.38. The van der Waals surface area contributed by atoms with Crippen LogP contribution < -0.4 is 10.2 Å². The molecule has 21 heavy (non-hydrogen) atoms. The molecule has 4 nitrogen and oxygen atoms in total. The summed E-state index contributed by atoms with van der Waals surface area (Å²) in [6.07, 6.45) is 0. The zero-order valence-corrected chi connectivity index (χ0v) is 12.5. The minimum Gasteiger partial charge on any atom is -0.497 e. The van der Waals surface area contributed by atoms with Crippen LogP contribution in [0.25, 0.3) is 0 Å². The molecule has 5 heteroatoms. The van der Waals surface area contributed by atoms with Gasteiger partial charge in [-0.05, 0) is 43.3 Å². The molecular formula is C16H15ClN2O2. The number of hydrazone groups is 1. The summed E-state index contributed by atoms with van der Waals surface area (Å²) >= 11 is 5.78. The third-order valence-electron chi connectivity index (χ3n) is 2.92. The van der Waals surface area contributed by atoms with Crippen LogP contribution in [0.4, 0.5) is 0 Å². The quantitative estimate of drug-likeness (QED) is 0.694. The molecule has 1 amide bonds. The van der Waals surface area contributed by atoms with Gasteiger partial charge >= 0.3 is 0 Å². The number of methoxy groups -OCH3 is 1. The topological polar surface area (TPSA) is 50.7 Å². The molecule has 2 aromatic carbocycles. The fourth-order valence-corrected chi connectivity index (χ4v) is 1.84. The molecule has 2 aromatic rings. The molecule has 1 N–H and O–H groups in total. The lowest BCUT2D eigenvalue weighted by Gasteiger charge is -2.05. The molecule has 0 bridgehead atoms. The van der Waals surface area contributed by atoms with Crippen LogP contribution in [0.15, 0.2) is 53.6 Å². The van der Waals surface area contributed by atoms with E-state index < -0.39 is 0 Å². The Balaban J connectivity index is 2.09. The highest BCUT2D eigenvalue weighted by Gasteiger charge is 2.05. The highest BCUT2D eigenvalue weighted by molar-refractivity contribution is 6.30. The number of rotatable bonds is 4. The predicted molar refractivity (Wildman–Crippen MR) is 84.1 cm³/mol. The van der Waals surface area contributed by atoms with Gasteiger partial charge in [0.2, 0.25) is 0 Å². The standard InChI is InChI=1S/C16H15ClN2O2/c1-11(13-4-3-5-15(10-13)21-2)18-19-16(20)12-6-8-14(17)9-7-12/h3-10H,1-2H3,(H,19,20)/b18-11+. The Kier molecular flexibility index (Phi) is 4.95. The number of hydrogen-bond acceptors (Lipinski definition) is 3. The summed E-state index contributed by atoms with van der Waals surface area (Å²) in [6.45, 7) is 1.82. The number of hydrogen-bond donors (Lipinski definition) is 1. The number of carbonyl (C=O) groups is 1. The van der Waals surface area contributed by atoms with Crippen molar-refractivity contribution in [3.8, 4) is 5.75 Å². The molecule has 0 atom stereocenters. The maximum Gasteiger partial charge on any atom is 0.271 e. The van der Waals surface area contributed by atoms with Gasteiger partial charge in [0.15, 0.2) is 0 Å². The van der Waals surface area contributed by atoms with Gasteiger partial charge < -0.3 is 4.74 Å². The summed E-state index contributed by atoms with van der Waals surface area (Å²) in [7, 11) is 1.61. The molecule has 0 aliphatic carbocycles. The van der Waals surface area contributed by atoms with E-state index in [2.05, 4.69) is 10.5 Å². The fraction of sp³-hybridized carbons (Fsp3) is 0.125. The van der Waals surface area contributed by atoms with E-state index in [-0.39, 0.29) is 5.91 Å². The zero-order valence-electron chi connectivity index (χ0n) is 11.8. The van der Waals surface area contributed by atoms with Crippen molar-refractivity contribution < 1.29 is 9.53 Å². The Hall–Kier alpha value is -2.33. The monoisotopic (exact) mass is 302 g/mol. The van der Waals surface area contributed by atoms with Crippen LogP contribution in [-0.4, -0.2) is 18.7 Å². The van der Waals surface area contributed by atoms with Crippen LogP contribution in [0.1, 0.15) is 22.8 Å². The van der Waals surface area contributed by atoms with E-state index in [9.17, 15) is 4.79 Å². The van der Waals surface area contributed by atoms with Gasteiger partial charge in [-0.15, -0.1) is 0 Å². The van der Waals surface area contributed by atoms with Gasteiger partial charge in [0, 0.05) is 16.1 Å². The fourth-order valence-electron chi connectivity index (χ4n) is 1.71. The molecule has 0 spiro atoms. The number of carbonyl (C=O) groups excluding carboxylic acids is 1. The molecular weight excluding hydrogens is 288 g/mol. The Labute approximate surface area is 128 Å². The van der Waals surface area contributed by atoms with E-state index in [1.54, 1.807) is 31.4 Å². The first-order valence-corrected chi connectivity index (χ1v) is 6.72. The highest BCUT2D eigenvalue weighted by Crippen LogP contribution is 2.13. The van der Waals surface area contributed by atoms with E-state index in [1.807, 2.05) is 31.2 Å². The molecule has 0 aromatic heterocycles. The number of ether oxygens (including phenoxy) is 1. The Morgan fingerprint density at radius 3 is 2.52 bits per heavy atom.